The Morgan fingerprint density at radius 2 is 1.68 bits per heavy atom. The molecule has 0 aromatic heterocycles. The van der Waals surface area contributed by atoms with Crippen molar-refractivity contribution < 1.29 is 13.2 Å². The summed E-state index contributed by atoms with van der Waals surface area (Å²) in [6.45, 7) is 0.889. The molecule has 4 nitrogen and oxygen atoms in total. The van der Waals surface area contributed by atoms with Gasteiger partial charge in [-0.25, -0.2) is 0 Å². The maximum atomic E-state index is 12.2. The van der Waals surface area contributed by atoms with E-state index in [-0.39, 0.29) is 24.0 Å². The number of benzene rings is 1. The monoisotopic (exact) mass is 472 g/mol. The first-order chi connectivity index (χ1) is 11.4. The van der Waals surface area contributed by atoms with Crippen LogP contribution < -0.4 is 10.6 Å². The molecule has 1 rings (SSSR count). The van der Waals surface area contributed by atoms with Crippen molar-refractivity contribution in [1.82, 2.24) is 15.5 Å². The largest absolute Gasteiger partial charge is 0.401 e. The number of guanidine groups is 1. The zero-order chi connectivity index (χ0) is 17.8. The summed E-state index contributed by atoms with van der Waals surface area (Å²) in [5.41, 5.74) is 1.30. The molecular formula is C17H28F3IN4. The van der Waals surface area contributed by atoms with Gasteiger partial charge < -0.3 is 10.6 Å². The first-order valence-corrected chi connectivity index (χ1v) is 8.14. The van der Waals surface area contributed by atoms with Gasteiger partial charge in [-0.2, -0.15) is 13.2 Å². The summed E-state index contributed by atoms with van der Waals surface area (Å²) >= 11 is 0. The average Bonchev–Trinajstić information content (AvgIpc) is 2.52. The molecule has 0 amide bonds. The number of halogens is 4. The van der Waals surface area contributed by atoms with Crippen molar-refractivity contribution in [2.45, 2.75) is 25.4 Å². The molecule has 144 valence electrons. The number of aliphatic imine (C=N–C) groups is 1. The Labute approximate surface area is 165 Å². The predicted molar refractivity (Wildman–Crippen MR) is 108 cm³/mol. The highest BCUT2D eigenvalue weighted by atomic mass is 127. The molecule has 0 saturated heterocycles. The van der Waals surface area contributed by atoms with E-state index in [1.807, 2.05) is 18.2 Å². The summed E-state index contributed by atoms with van der Waals surface area (Å²) in [6, 6.07) is 10.3. The van der Waals surface area contributed by atoms with Crippen molar-refractivity contribution in [2.24, 2.45) is 4.99 Å². The van der Waals surface area contributed by atoms with Crippen LogP contribution >= 0.6 is 24.0 Å². The van der Waals surface area contributed by atoms with E-state index in [4.69, 9.17) is 0 Å². The molecule has 8 heteroatoms. The Morgan fingerprint density at radius 3 is 2.24 bits per heavy atom. The third kappa shape index (κ3) is 12.9. The fourth-order valence-electron chi connectivity index (χ4n) is 2.31. The number of nitrogens with one attached hydrogen (secondary N) is 2. The van der Waals surface area contributed by atoms with Gasteiger partial charge in [0.1, 0.15) is 0 Å². The number of rotatable bonds is 9. The molecule has 0 spiro atoms. The van der Waals surface area contributed by atoms with Crippen LogP contribution in [0.2, 0.25) is 0 Å². The topological polar surface area (TPSA) is 39.7 Å². The Bertz CT molecular complexity index is 481. The van der Waals surface area contributed by atoms with Gasteiger partial charge in [0, 0.05) is 20.1 Å². The second-order valence-electron chi connectivity index (χ2n) is 5.72. The summed E-state index contributed by atoms with van der Waals surface area (Å²) in [7, 11) is 3.16. The van der Waals surface area contributed by atoms with Crippen molar-refractivity contribution in [3.63, 3.8) is 0 Å². The SMILES string of the molecule is CN=C(NCCCc1ccccc1)NCCCN(C)CC(F)(F)F.I. The van der Waals surface area contributed by atoms with Crippen molar-refractivity contribution in [2.75, 3.05) is 40.3 Å². The molecule has 0 aliphatic carbocycles. The minimum absolute atomic E-state index is 0. The highest BCUT2D eigenvalue weighted by molar-refractivity contribution is 14.0. The van der Waals surface area contributed by atoms with E-state index in [2.05, 4.69) is 27.8 Å². The van der Waals surface area contributed by atoms with Crippen molar-refractivity contribution in [3.05, 3.63) is 35.9 Å². The normalized spacial score (nSPS) is 12.0. The van der Waals surface area contributed by atoms with E-state index < -0.39 is 12.7 Å². The molecule has 25 heavy (non-hydrogen) atoms. The highest BCUT2D eigenvalue weighted by Gasteiger charge is 2.28. The van der Waals surface area contributed by atoms with Gasteiger partial charge in [-0.05, 0) is 38.4 Å². The van der Waals surface area contributed by atoms with E-state index in [1.165, 1.54) is 17.5 Å². The van der Waals surface area contributed by atoms with Crippen molar-refractivity contribution >= 4 is 29.9 Å². The van der Waals surface area contributed by atoms with Gasteiger partial charge in [0.15, 0.2) is 5.96 Å². The van der Waals surface area contributed by atoms with E-state index in [9.17, 15) is 13.2 Å². The minimum Gasteiger partial charge on any atom is -0.356 e. The molecule has 0 atom stereocenters. The Hall–Kier alpha value is -1.03. The lowest BCUT2D eigenvalue weighted by atomic mass is 10.1. The van der Waals surface area contributed by atoms with Crippen LogP contribution in [0.5, 0.6) is 0 Å². The summed E-state index contributed by atoms with van der Waals surface area (Å²) in [4.78, 5) is 5.39. The molecular weight excluding hydrogens is 444 g/mol. The fourth-order valence-corrected chi connectivity index (χ4v) is 2.31. The van der Waals surface area contributed by atoms with Crippen LogP contribution in [0.15, 0.2) is 35.3 Å². The lowest BCUT2D eigenvalue weighted by Crippen LogP contribution is -2.39. The predicted octanol–water partition coefficient (Wildman–Crippen LogP) is 3.29. The Balaban J connectivity index is 0.00000576. The quantitative estimate of drug-likeness (QED) is 0.251. The number of alkyl halides is 3. The molecule has 1 aromatic carbocycles. The summed E-state index contributed by atoms with van der Waals surface area (Å²) in [6.07, 6.45) is -1.54. The van der Waals surface area contributed by atoms with Crippen LogP contribution in [-0.4, -0.2) is 57.3 Å². The first kappa shape index (κ1) is 24.0. The van der Waals surface area contributed by atoms with Crippen molar-refractivity contribution in [1.29, 1.82) is 0 Å². The van der Waals surface area contributed by atoms with E-state index in [0.717, 1.165) is 19.4 Å². The van der Waals surface area contributed by atoms with E-state index in [0.29, 0.717) is 25.5 Å². The smallest absolute Gasteiger partial charge is 0.356 e. The second kappa shape index (κ2) is 13.2. The van der Waals surface area contributed by atoms with Gasteiger partial charge >= 0.3 is 6.18 Å². The number of hydrogen-bond donors (Lipinski definition) is 2. The van der Waals surface area contributed by atoms with Gasteiger partial charge in [-0.3, -0.25) is 9.89 Å². The summed E-state index contributed by atoms with van der Waals surface area (Å²) < 4.78 is 36.6. The Morgan fingerprint density at radius 1 is 1.08 bits per heavy atom. The first-order valence-electron chi connectivity index (χ1n) is 8.14. The second-order valence-corrected chi connectivity index (χ2v) is 5.72. The van der Waals surface area contributed by atoms with Crippen LogP contribution in [0, 0.1) is 0 Å². The minimum atomic E-state index is -4.14. The molecule has 0 heterocycles. The highest BCUT2D eigenvalue weighted by Crippen LogP contribution is 2.15. The van der Waals surface area contributed by atoms with Crippen LogP contribution in [0.25, 0.3) is 0 Å². The fraction of sp³-hybridized carbons (Fsp3) is 0.588. The van der Waals surface area contributed by atoms with Gasteiger partial charge in [-0.15, -0.1) is 24.0 Å². The molecule has 0 bridgehead atoms. The molecule has 0 radical (unpaired) electrons. The van der Waals surface area contributed by atoms with Crippen LogP contribution in [0.1, 0.15) is 18.4 Å². The number of aryl methyl sites for hydroxylation is 1. The molecule has 2 N–H and O–H groups in total. The molecule has 0 unspecified atom stereocenters. The van der Waals surface area contributed by atoms with Gasteiger partial charge in [0.05, 0.1) is 6.54 Å². The lowest BCUT2D eigenvalue weighted by molar-refractivity contribution is -0.143. The third-order valence-electron chi connectivity index (χ3n) is 3.46. The van der Waals surface area contributed by atoms with Crippen LogP contribution in [-0.2, 0) is 6.42 Å². The molecule has 0 fully saturated rings. The molecule has 0 saturated carbocycles. The van der Waals surface area contributed by atoms with Crippen molar-refractivity contribution in [3.8, 4) is 0 Å². The summed E-state index contributed by atoms with van der Waals surface area (Å²) in [5.74, 6) is 0.682. The zero-order valence-corrected chi connectivity index (χ0v) is 17.1. The van der Waals surface area contributed by atoms with Crippen LogP contribution in [0.3, 0.4) is 0 Å². The van der Waals surface area contributed by atoms with Gasteiger partial charge in [0.2, 0.25) is 0 Å². The molecule has 1 aromatic rings. The van der Waals surface area contributed by atoms with Gasteiger partial charge in [0.25, 0.3) is 0 Å². The standard InChI is InChI=1S/C17H27F3N4.HI/c1-21-16(22-11-6-10-15-8-4-3-5-9-15)23-12-7-13-24(2)14-17(18,19)20;/h3-5,8-9H,6-7,10-14H2,1-2H3,(H2,21,22,23);1H. The third-order valence-corrected chi connectivity index (χ3v) is 3.46. The van der Waals surface area contributed by atoms with E-state index >= 15 is 0 Å². The Kier molecular flexibility index (Phi) is 12.7. The zero-order valence-electron chi connectivity index (χ0n) is 14.8. The van der Waals surface area contributed by atoms with Crippen LogP contribution in [0.4, 0.5) is 13.2 Å². The van der Waals surface area contributed by atoms with Gasteiger partial charge in [-0.1, -0.05) is 30.3 Å². The van der Waals surface area contributed by atoms with E-state index in [1.54, 1.807) is 7.05 Å². The average molecular weight is 472 g/mol. The molecule has 0 aliphatic heterocycles. The summed E-state index contributed by atoms with van der Waals surface area (Å²) in [5, 5.41) is 6.33. The maximum Gasteiger partial charge on any atom is 0.401 e. The lowest BCUT2D eigenvalue weighted by Gasteiger charge is -2.19. The molecule has 0 aliphatic rings. The number of hydrogen-bond acceptors (Lipinski definition) is 2. The maximum absolute atomic E-state index is 12.2. The number of nitrogens with zero attached hydrogens (tertiary/aromatic N) is 2.